The van der Waals surface area contributed by atoms with Gasteiger partial charge in [0.1, 0.15) is 0 Å². The lowest BCUT2D eigenvalue weighted by atomic mass is 10.1. The molecule has 0 radical (unpaired) electrons. The Kier molecular flexibility index (Phi) is 4.39. The van der Waals surface area contributed by atoms with Crippen molar-refractivity contribution in [2.75, 3.05) is 0 Å². The minimum absolute atomic E-state index is 0.0490. The molecule has 3 heteroatoms. The molecule has 0 aliphatic rings. The van der Waals surface area contributed by atoms with Crippen LogP contribution >= 0.6 is 11.8 Å². The maximum Gasteiger partial charge on any atom is 0.0963 e. The highest BCUT2D eigenvalue weighted by molar-refractivity contribution is 7.98. The molecule has 0 fully saturated rings. The van der Waals surface area contributed by atoms with Crippen LogP contribution < -0.4 is 5.73 Å². The van der Waals surface area contributed by atoms with Crippen molar-refractivity contribution in [2.24, 2.45) is 5.73 Å². The van der Waals surface area contributed by atoms with E-state index in [0.29, 0.717) is 0 Å². The van der Waals surface area contributed by atoms with Crippen LogP contribution in [0, 0.1) is 6.92 Å². The summed E-state index contributed by atoms with van der Waals surface area (Å²) in [6.07, 6.45) is 1.87. The van der Waals surface area contributed by atoms with Crippen molar-refractivity contribution in [2.45, 2.75) is 30.7 Å². The molecule has 94 valence electrons. The molecule has 1 aromatic carbocycles. The molecule has 2 rings (SSSR count). The number of aromatic nitrogens is 1. The van der Waals surface area contributed by atoms with E-state index in [-0.39, 0.29) is 6.04 Å². The van der Waals surface area contributed by atoms with Gasteiger partial charge in [0.25, 0.3) is 0 Å². The highest BCUT2D eigenvalue weighted by Crippen LogP contribution is 2.23. The molecule has 0 saturated heterocycles. The molecule has 1 atom stereocenters. The molecule has 18 heavy (non-hydrogen) atoms. The molecule has 1 unspecified atom stereocenters. The zero-order chi connectivity index (χ0) is 13.0. The summed E-state index contributed by atoms with van der Waals surface area (Å²) in [5.74, 6) is 0.956. The molecule has 0 aliphatic carbocycles. The van der Waals surface area contributed by atoms with E-state index in [9.17, 15) is 0 Å². The van der Waals surface area contributed by atoms with Crippen molar-refractivity contribution in [1.82, 2.24) is 4.98 Å². The predicted octanol–water partition coefficient (Wildman–Crippen LogP) is 3.70. The third kappa shape index (κ3) is 3.34. The van der Waals surface area contributed by atoms with Crippen molar-refractivity contribution in [1.29, 1.82) is 0 Å². The summed E-state index contributed by atoms with van der Waals surface area (Å²) in [7, 11) is 0. The Morgan fingerprint density at radius 2 is 2.00 bits per heavy atom. The van der Waals surface area contributed by atoms with Crippen molar-refractivity contribution in [3.05, 3.63) is 59.3 Å². The molecule has 2 nitrogen and oxygen atoms in total. The highest BCUT2D eigenvalue weighted by Gasteiger charge is 2.02. The summed E-state index contributed by atoms with van der Waals surface area (Å²) in [6.45, 7) is 4.11. The van der Waals surface area contributed by atoms with Gasteiger partial charge in [-0.3, -0.25) is 0 Å². The van der Waals surface area contributed by atoms with E-state index in [1.807, 2.05) is 19.2 Å². The van der Waals surface area contributed by atoms with Crippen LogP contribution in [0.25, 0.3) is 0 Å². The normalized spacial score (nSPS) is 12.4. The number of pyridine rings is 1. The van der Waals surface area contributed by atoms with Crippen LogP contribution in [-0.4, -0.2) is 4.98 Å². The number of aryl methyl sites for hydroxylation is 1. The van der Waals surface area contributed by atoms with Gasteiger partial charge in [0.2, 0.25) is 0 Å². The maximum atomic E-state index is 5.80. The van der Waals surface area contributed by atoms with Crippen LogP contribution in [0.4, 0.5) is 0 Å². The van der Waals surface area contributed by atoms with Crippen LogP contribution in [0.1, 0.15) is 29.7 Å². The fraction of sp³-hybridized carbons (Fsp3) is 0.267. The average Bonchev–Trinajstić information content (AvgIpc) is 2.38. The molecule has 0 saturated carbocycles. The minimum Gasteiger partial charge on any atom is -0.324 e. The van der Waals surface area contributed by atoms with Gasteiger partial charge in [-0.2, -0.15) is 0 Å². The monoisotopic (exact) mass is 258 g/mol. The van der Waals surface area contributed by atoms with Gasteiger partial charge in [-0.15, -0.1) is 11.8 Å². The smallest absolute Gasteiger partial charge is 0.0963 e. The second kappa shape index (κ2) is 6.03. The summed E-state index contributed by atoms with van der Waals surface area (Å²) in [4.78, 5) is 4.43. The third-order valence-corrected chi connectivity index (χ3v) is 3.91. The van der Waals surface area contributed by atoms with E-state index < -0.39 is 0 Å². The largest absolute Gasteiger partial charge is 0.324 e. The van der Waals surface area contributed by atoms with E-state index in [0.717, 1.165) is 16.3 Å². The Balaban J connectivity index is 2.00. The van der Waals surface area contributed by atoms with E-state index in [1.54, 1.807) is 11.8 Å². The lowest BCUT2D eigenvalue weighted by Gasteiger charge is -2.07. The first-order valence-electron chi connectivity index (χ1n) is 6.05. The van der Waals surface area contributed by atoms with Crippen molar-refractivity contribution < 1.29 is 0 Å². The van der Waals surface area contributed by atoms with E-state index in [2.05, 4.69) is 42.2 Å². The van der Waals surface area contributed by atoms with E-state index in [1.165, 1.54) is 11.1 Å². The molecule has 2 aromatic rings. The van der Waals surface area contributed by atoms with Gasteiger partial charge in [-0.1, -0.05) is 30.3 Å². The topological polar surface area (TPSA) is 38.9 Å². The van der Waals surface area contributed by atoms with Crippen LogP contribution in [0.2, 0.25) is 0 Å². The minimum atomic E-state index is 0.0490. The van der Waals surface area contributed by atoms with Crippen LogP contribution in [0.5, 0.6) is 0 Å². The SMILES string of the molecule is Cc1ccccc1CSc1ccc(C(C)N)cn1. The summed E-state index contributed by atoms with van der Waals surface area (Å²) in [5, 5.41) is 1.04. The third-order valence-electron chi connectivity index (χ3n) is 2.92. The Hall–Kier alpha value is -1.32. The number of hydrogen-bond acceptors (Lipinski definition) is 3. The Labute approximate surface area is 113 Å². The van der Waals surface area contributed by atoms with E-state index >= 15 is 0 Å². The number of benzene rings is 1. The van der Waals surface area contributed by atoms with Gasteiger partial charge in [-0.25, -0.2) is 4.98 Å². The first kappa shape index (κ1) is 13.1. The number of thioether (sulfide) groups is 1. The van der Waals surface area contributed by atoms with Crippen LogP contribution in [0.15, 0.2) is 47.6 Å². The maximum absolute atomic E-state index is 5.80. The molecular formula is C15H18N2S. The fourth-order valence-electron chi connectivity index (χ4n) is 1.67. The summed E-state index contributed by atoms with van der Waals surface area (Å²) >= 11 is 1.76. The van der Waals surface area contributed by atoms with Gasteiger partial charge < -0.3 is 5.73 Å². The summed E-state index contributed by atoms with van der Waals surface area (Å²) in [5.41, 5.74) is 9.57. The van der Waals surface area contributed by atoms with Crippen molar-refractivity contribution >= 4 is 11.8 Å². The van der Waals surface area contributed by atoms with Crippen molar-refractivity contribution in [3.63, 3.8) is 0 Å². The van der Waals surface area contributed by atoms with E-state index in [4.69, 9.17) is 5.73 Å². The van der Waals surface area contributed by atoms with Gasteiger partial charge in [-0.05, 0) is 36.6 Å². The summed E-state index contributed by atoms with van der Waals surface area (Å²) in [6, 6.07) is 12.6. The lowest BCUT2D eigenvalue weighted by Crippen LogP contribution is -2.05. The van der Waals surface area contributed by atoms with Gasteiger partial charge in [0, 0.05) is 18.0 Å². The molecule has 1 heterocycles. The fourth-order valence-corrected chi connectivity index (χ4v) is 2.59. The molecule has 0 bridgehead atoms. The molecule has 0 aliphatic heterocycles. The van der Waals surface area contributed by atoms with Gasteiger partial charge in [0.05, 0.1) is 5.03 Å². The molecule has 2 N–H and O–H groups in total. The van der Waals surface area contributed by atoms with Crippen molar-refractivity contribution in [3.8, 4) is 0 Å². The average molecular weight is 258 g/mol. The zero-order valence-electron chi connectivity index (χ0n) is 10.8. The quantitative estimate of drug-likeness (QED) is 0.850. The standard InChI is InChI=1S/C15H18N2S/c1-11-5-3-4-6-14(11)10-18-15-8-7-13(9-17-15)12(2)16/h3-9,12H,10,16H2,1-2H3. The predicted molar refractivity (Wildman–Crippen MR) is 77.6 cm³/mol. The van der Waals surface area contributed by atoms with Crippen LogP contribution in [-0.2, 0) is 5.75 Å². The second-order valence-corrected chi connectivity index (χ2v) is 5.43. The Bertz CT molecular complexity index is 506. The molecule has 1 aromatic heterocycles. The second-order valence-electron chi connectivity index (χ2n) is 4.43. The Morgan fingerprint density at radius 3 is 2.61 bits per heavy atom. The highest BCUT2D eigenvalue weighted by atomic mass is 32.2. The summed E-state index contributed by atoms with van der Waals surface area (Å²) < 4.78 is 0. The Morgan fingerprint density at radius 1 is 1.22 bits per heavy atom. The molecular weight excluding hydrogens is 240 g/mol. The number of nitrogens with zero attached hydrogens (tertiary/aromatic N) is 1. The zero-order valence-corrected chi connectivity index (χ0v) is 11.6. The van der Waals surface area contributed by atoms with Gasteiger partial charge >= 0.3 is 0 Å². The van der Waals surface area contributed by atoms with Crippen LogP contribution in [0.3, 0.4) is 0 Å². The number of nitrogens with two attached hydrogens (primary N) is 1. The lowest BCUT2D eigenvalue weighted by molar-refractivity contribution is 0.806. The molecule has 0 spiro atoms. The van der Waals surface area contributed by atoms with Gasteiger partial charge in [0.15, 0.2) is 0 Å². The number of rotatable bonds is 4. The number of hydrogen-bond donors (Lipinski definition) is 1. The molecule has 0 amide bonds. The first-order chi connectivity index (χ1) is 8.66. The first-order valence-corrected chi connectivity index (χ1v) is 7.04.